The van der Waals surface area contributed by atoms with E-state index in [1.807, 2.05) is 0 Å². The van der Waals surface area contributed by atoms with Gasteiger partial charge in [0.15, 0.2) is 0 Å². The van der Waals surface area contributed by atoms with Gasteiger partial charge in [0, 0.05) is 15.5 Å². The smallest absolute Gasteiger partial charge is 0.263 e. The molecule has 0 aliphatic carbocycles. The third-order valence-corrected chi connectivity index (χ3v) is 4.62. The highest BCUT2D eigenvalue weighted by molar-refractivity contribution is 14.1. The number of rotatable bonds is 3. The van der Waals surface area contributed by atoms with Crippen LogP contribution in [-0.2, 0) is 10.0 Å². The lowest BCUT2D eigenvalue weighted by Gasteiger charge is -2.08. The minimum atomic E-state index is -3.72. The second kappa shape index (κ2) is 5.51. The number of halogens is 2. The van der Waals surface area contributed by atoms with Crippen LogP contribution in [0.2, 0.25) is 5.02 Å². The number of benzene rings is 1. The maximum absolute atomic E-state index is 12.1. The third-order valence-electron chi connectivity index (χ3n) is 2.25. The third kappa shape index (κ3) is 3.48. The van der Waals surface area contributed by atoms with Crippen molar-refractivity contribution in [1.82, 2.24) is 4.98 Å². The fourth-order valence-electron chi connectivity index (χ4n) is 1.31. The zero-order valence-corrected chi connectivity index (χ0v) is 13.2. The van der Waals surface area contributed by atoms with Crippen LogP contribution >= 0.6 is 34.2 Å². The van der Waals surface area contributed by atoms with E-state index in [2.05, 4.69) is 32.3 Å². The molecular formula is C11H9ClIN3O2S. The number of nitrogens with one attached hydrogen (secondary N) is 1. The van der Waals surface area contributed by atoms with E-state index in [0.717, 1.165) is 9.77 Å². The maximum Gasteiger partial charge on any atom is 0.263 e. The van der Waals surface area contributed by atoms with Gasteiger partial charge in [-0.1, -0.05) is 11.6 Å². The first-order valence-electron chi connectivity index (χ1n) is 5.08. The first kappa shape index (κ1) is 14.4. The Morgan fingerprint density at radius 1 is 1.26 bits per heavy atom. The Bertz CT molecular complexity index is 704. The number of pyridine rings is 1. The molecule has 2 aromatic rings. The first-order chi connectivity index (χ1) is 8.88. The highest BCUT2D eigenvalue weighted by atomic mass is 127. The van der Waals surface area contributed by atoms with Gasteiger partial charge in [-0.15, -0.1) is 0 Å². The van der Waals surface area contributed by atoms with Gasteiger partial charge in [0.05, 0.1) is 5.02 Å². The lowest BCUT2D eigenvalue weighted by Crippen LogP contribution is -2.13. The highest BCUT2D eigenvalue weighted by Crippen LogP contribution is 2.22. The van der Waals surface area contributed by atoms with Gasteiger partial charge in [-0.3, -0.25) is 4.72 Å². The van der Waals surface area contributed by atoms with Crippen molar-refractivity contribution in [1.29, 1.82) is 0 Å². The van der Waals surface area contributed by atoms with Gasteiger partial charge < -0.3 is 5.73 Å². The van der Waals surface area contributed by atoms with Gasteiger partial charge >= 0.3 is 0 Å². The quantitative estimate of drug-likeness (QED) is 0.763. The monoisotopic (exact) mass is 409 g/mol. The molecule has 0 aliphatic rings. The van der Waals surface area contributed by atoms with Crippen LogP contribution in [0.3, 0.4) is 0 Å². The zero-order valence-electron chi connectivity index (χ0n) is 9.47. The minimum absolute atomic E-state index is 0.0368. The SMILES string of the molecule is Nc1ncc(S(=O)(=O)Nc2ccc(I)cc2)cc1Cl. The lowest BCUT2D eigenvalue weighted by atomic mass is 10.3. The lowest BCUT2D eigenvalue weighted by molar-refractivity contribution is 0.601. The number of hydrogen-bond donors (Lipinski definition) is 2. The number of nitrogen functional groups attached to an aromatic ring is 1. The van der Waals surface area contributed by atoms with Gasteiger partial charge in [-0.2, -0.15) is 0 Å². The molecule has 3 N–H and O–H groups in total. The van der Waals surface area contributed by atoms with Crippen molar-refractivity contribution in [2.24, 2.45) is 0 Å². The average Bonchev–Trinajstić information content (AvgIpc) is 2.35. The van der Waals surface area contributed by atoms with Gasteiger partial charge in [-0.05, 0) is 52.9 Å². The Kier molecular flexibility index (Phi) is 4.16. The van der Waals surface area contributed by atoms with Crippen LogP contribution in [0.4, 0.5) is 11.5 Å². The van der Waals surface area contributed by atoms with Crippen LogP contribution in [0, 0.1) is 3.57 Å². The van der Waals surface area contributed by atoms with Crippen LogP contribution in [-0.4, -0.2) is 13.4 Å². The van der Waals surface area contributed by atoms with Crippen LogP contribution in [0.1, 0.15) is 0 Å². The molecule has 0 radical (unpaired) electrons. The molecular weight excluding hydrogens is 401 g/mol. The Balaban J connectivity index is 2.32. The van der Waals surface area contributed by atoms with Crippen molar-refractivity contribution in [3.05, 3.63) is 45.1 Å². The Morgan fingerprint density at radius 2 is 1.89 bits per heavy atom. The largest absolute Gasteiger partial charge is 0.382 e. The highest BCUT2D eigenvalue weighted by Gasteiger charge is 2.16. The second-order valence-corrected chi connectivity index (χ2v) is 6.99. The summed E-state index contributed by atoms with van der Waals surface area (Å²) in [5.74, 6) is 0.0925. The molecule has 2 rings (SSSR count). The number of sulfonamides is 1. The van der Waals surface area contributed by atoms with E-state index in [-0.39, 0.29) is 15.7 Å². The van der Waals surface area contributed by atoms with E-state index >= 15 is 0 Å². The fourth-order valence-corrected chi connectivity index (χ4v) is 2.93. The molecule has 100 valence electrons. The van der Waals surface area contributed by atoms with Crippen LogP contribution in [0.5, 0.6) is 0 Å². The van der Waals surface area contributed by atoms with E-state index in [9.17, 15) is 8.42 Å². The van der Waals surface area contributed by atoms with Crippen molar-refractivity contribution >= 4 is 55.7 Å². The standard InChI is InChI=1S/C11H9ClIN3O2S/c12-10-5-9(6-15-11(10)14)19(17,18)16-8-3-1-7(13)2-4-8/h1-6,16H,(H2,14,15). The molecule has 0 saturated carbocycles. The van der Waals surface area contributed by atoms with Crippen molar-refractivity contribution in [3.63, 3.8) is 0 Å². The summed E-state index contributed by atoms with van der Waals surface area (Å²) in [4.78, 5) is 3.69. The number of anilines is 2. The summed E-state index contributed by atoms with van der Waals surface area (Å²) >= 11 is 7.90. The number of aromatic nitrogens is 1. The van der Waals surface area contributed by atoms with Crippen LogP contribution in [0.25, 0.3) is 0 Å². The van der Waals surface area contributed by atoms with E-state index in [1.54, 1.807) is 24.3 Å². The minimum Gasteiger partial charge on any atom is -0.382 e. The maximum atomic E-state index is 12.1. The molecule has 1 heterocycles. The van der Waals surface area contributed by atoms with Crippen molar-refractivity contribution in [3.8, 4) is 0 Å². The summed E-state index contributed by atoms with van der Waals surface area (Å²) in [6, 6.07) is 8.20. The van der Waals surface area contributed by atoms with Gasteiger partial charge in [0.25, 0.3) is 10.0 Å². The summed E-state index contributed by atoms with van der Waals surface area (Å²) in [5, 5.41) is 0.102. The molecule has 1 aromatic heterocycles. The molecule has 1 aromatic carbocycles. The topological polar surface area (TPSA) is 85.1 Å². The Hall–Kier alpha value is -1.06. The zero-order chi connectivity index (χ0) is 14.0. The normalized spacial score (nSPS) is 11.3. The Morgan fingerprint density at radius 3 is 2.47 bits per heavy atom. The second-order valence-electron chi connectivity index (χ2n) is 3.65. The molecule has 0 bridgehead atoms. The molecule has 0 amide bonds. The van der Waals surface area contributed by atoms with E-state index in [4.69, 9.17) is 17.3 Å². The van der Waals surface area contributed by atoms with E-state index < -0.39 is 10.0 Å². The molecule has 0 spiro atoms. The van der Waals surface area contributed by atoms with Crippen LogP contribution < -0.4 is 10.5 Å². The Labute approximate surface area is 129 Å². The predicted molar refractivity (Wildman–Crippen MR) is 83.6 cm³/mol. The fraction of sp³-hybridized carbons (Fsp3) is 0. The number of hydrogen-bond acceptors (Lipinski definition) is 4. The van der Waals surface area contributed by atoms with E-state index in [1.165, 1.54) is 6.07 Å². The van der Waals surface area contributed by atoms with Crippen LogP contribution in [0.15, 0.2) is 41.4 Å². The molecule has 8 heteroatoms. The van der Waals surface area contributed by atoms with Gasteiger partial charge in [0.1, 0.15) is 10.7 Å². The van der Waals surface area contributed by atoms with Gasteiger partial charge in [0.2, 0.25) is 0 Å². The van der Waals surface area contributed by atoms with E-state index in [0.29, 0.717) is 5.69 Å². The summed E-state index contributed by atoms with van der Waals surface area (Å²) in [7, 11) is -3.72. The molecule has 0 fully saturated rings. The number of nitrogens with zero attached hydrogens (tertiary/aromatic N) is 1. The molecule has 0 atom stereocenters. The van der Waals surface area contributed by atoms with Crippen molar-refractivity contribution < 1.29 is 8.42 Å². The van der Waals surface area contributed by atoms with Gasteiger partial charge in [-0.25, -0.2) is 13.4 Å². The summed E-state index contributed by atoms with van der Waals surface area (Å²) in [5.41, 5.74) is 5.91. The summed E-state index contributed by atoms with van der Waals surface area (Å²) < 4.78 is 27.6. The van der Waals surface area contributed by atoms with Crippen molar-refractivity contribution in [2.45, 2.75) is 4.90 Å². The van der Waals surface area contributed by atoms with Crippen molar-refractivity contribution in [2.75, 3.05) is 10.5 Å². The molecule has 0 unspecified atom stereocenters. The summed E-state index contributed by atoms with van der Waals surface area (Å²) in [6.45, 7) is 0. The average molecular weight is 410 g/mol. The first-order valence-corrected chi connectivity index (χ1v) is 8.02. The summed E-state index contributed by atoms with van der Waals surface area (Å²) in [6.07, 6.45) is 1.16. The molecule has 19 heavy (non-hydrogen) atoms. The molecule has 0 saturated heterocycles. The number of nitrogens with two attached hydrogens (primary N) is 1. The molecule has 0 aliphatic heterocycles. The molecule has 5 nitrogen and oxygen atoms in total. The predicted octanol–water partition coefficient (Wildman–Crippen LogP) is 2.72.